The Bertz CT molecular complexity index is 425. The van der Waals surface area contributed by atoms with Crippen molar-refractivity contribution in [2.75, 3.05) is 6.54 Å². The summed E-state index contributed by atoms with van der Waals surface area (Å²) in [5.74, 6) is -1.10. The van der Waals surface area contributed by atoms with Crippen LogP contribution in [0.4, 0.5) is 0 Å². The lowest BCUT2D eigenvalue weighted by molar-refractivity contribution is -0.118. The average molecular weight is 252 g/mol. The highest BCUT2D eigenvalue weighted by Crippen LogP contribution is 2.20. The van der Waals surface area contributed by atoms with Crippen molar-refractivity contribution < 1.29 is 19.8 Å². The van der Waals surface area contributed by atoms with E-state index >= 15 is 0 Å². The van der Waals surface area contributed by atoms with E-state index in [1.54, 1.807) is 0 Å². The van der Waals surface area contributed by atoms with Crippen LogP contribution in [0.25, 0.3) is 0 Å². The second-order valence-electron chi connectivity index (χ2n) is 3.92. The van der Waals surface area contributed by atoms with E-state index in [0.29, 0.717) is 25.8 Å². The number of nitrogens with one attached hydrogen (secondary N) is 1. The number of unbranched alkanes of at least 4 members (excludes halogenated alkanes) is 1. The molecule has 0 aliphatic carbocycles. The van der Waals surface area contributed by atoms with Crippen molar-refractivity contribution >= 4 is 11.8 Å². The molecule has 98 valence electrons. The highest BCUT2D eigenvalue weighted by molar-refractivity contribution is 5.95. The van der Waals surface area contributed by atoms with E-state index < -0.39 is 0 Å². The Morgan fingerprint density at radius 2 is 1.72 bits per heavy atom. The Kier molecular flexibility index (Phi) is 4.98. The van der Waals surface area contributed by atoms with Crippen molar-refractivity contribution in [2.24, 2.45) is 5.73 Å². The maximum absolute atomic E-state index is 11.6. The van der Waals surface area contributed by atoms with Crippen LogP contribution in [-0.4, -0.2) is 28.6 Å². The molecule has 18 heavy (non-hydrogen) atoms. The van der Waals surface area contributed by atoms with Gasteiger partial charge in [0, 0.05) is 24.6 Å². The van der Waals surface area contributed by atoms with Crippen LogP contribution in [0.5, 0.6) is 11.5 Å². The topological polar surface area (TPSA) is 113 Å². The minimum Gasteiger partial charge on any atom is -0.508 e. The Morgan fingerprint density at radius 1 is 1.11 bits per heavy atom. The van der Waals surface area contributed by atoms with Crippen LogP contribution in [-0.2, 0) is 4.79 Å². The van der Waals surface area contributed by atoms with Gasteiger partial charge in [0.05, 0.1) is 0 Å². The predicted octanol–water partition coefficient (Wildman–Crippen LogP) is 0.483. The predicted molar refractivity (Wildman–Crippen MR) is 65.2 cm³/mol. The van der Waals surface area contributed by atoms with E-state index in [1.807, 2.05) is 0 Å². The van der Waals surface area contributed by atoms with Crippen molar-refractivity contribution in [1.82, 2.24) is 5.32 Å². The van der Waals surface area contributed by atoms with Gasteiger partial charge in [-0.05, 0) is 25.0 Å². The standard InChI is InChI=1S/C12H16N2O4/c13-11(17)3-1-2-4-14-12(18)8-5-9(15)7-10(16)6-8/h5-7,15-16H,1-4H2,(H2,13,17)(H,14,18). The van der Waals surface area contributed by atoms with Crippen molar-refractivity contribution in [1.29, 1.82) is 0 Å². The monoisotopic (exact) mass is 252 g/mol. The normalized spacial score (nSPS) is 10.0. The van der Waals surface area contributed by atoms with Crippen molar-refractivity contribution in [3.05, 3.63) is 23.8 Å². The molecule has 0 heterocycles. The number of phenolic OH excluding ortho intramolecular Hbond substituents is 2. The summed E-state index contributed by atoms with van der Waals surface area (Å²) in [7, 11) is 0. The minimum absolute atomic E-state index is 0.172. The quantitative estimate of drug-likeness (QED) is 0.551. The van der Waals surface area contributed by atoms with Crippen molar-refractivity contribution in [3.8, 4) is 11.5 Å². The molecule has 0 aromatic heterocycles. The SMILES string of the molecule is NC(=O)CCCCNC(=O)c1cc(O)cc(O)c1. The Balaban J connectivity index is 2.38. The molecule has 0 unspecified atom stereocenters. The van der Waals surface area contributed by atoms with E-state index in [-0.39, 0.29) is 28.9 Å². The highest BCUT2D eigenvalue weighted by atomic mass is 16.3. The summed E-state index contributed by atoms with van der Waals surface area (Å²) < 4.78 is 0. The Labute approximate surface area is 104 Å². The molecule has 1 aromatic carbocycles. The molecule has 0 bridgehead atoms. The summed E-state index contributed by atoms with van der Waals surface area (Å²) in [6.07, 6.45) is 1.54. The molecular weight excluding hydrogens is 236 g/mol. The number of nitrogens with two attached hydrogens (primary N) is 1. The van der Waals surface area contributed by atoms with Crippen LogP contribution in [0.3, 0.4) is 0 Å². The number of hydrogen-bond donors (Lipinski definition) is 4. The van der Waals surface area contributed by atoms with Gasteiger partial charge in [0.25, 0.3) is 5.91 Å². The smallest absolute Gasteiger partial charge is 0.251 e. The number of rotatable bonds is 6. The third kappa shape index (κ3) is 4.73. The van der Waals surface area contributed by atoms with E-state index in [2.05, 4.69) is 5.32 Å². The van der Waals surface area contributed by atoms with Gasteiger partial charge in [-0.25, -0.2) is 0 Å². The van der Waals surface area contributed by atoms with Crippen LogP contribution in [0.2, 0.25) is 0 Å². The number of primary amides is 1. The van der Waals surface area contributed by atoms with Crippen LogP contribution in [0.1, 0.15) is 29.6 Å². The second-order valence-corrected chi connectivity index (χ2v) is 3.92. The first-order chi connectivity index (χ1) is 8.49. The first-order valence-electron chi connectivity index (χ1n) is 5.58. The Morgan fingerprint density at radius 3 is 2.28 bits per heavy atom. The number of aromatic hydroxyl groups is 2. The van der Waals surface area contributed by atoms with E-state index in [1.165, 1.54) is 12.1 Å². The molecule has 1 aromatic rings. The zero-order valence-electron chi connectivity index (χ0n) is 9.85. The summed E-state index contributed by atoms with van der Waals surface area (Å²) in [6, 6.07) is 3.67. The highest BCUT2D eigenvalue weighted by Gasteiger charge is 2.07. The van der Waals surface area contributed by atoms with Gasteiger partial charge >= 0.3 is 0 Å². The number of hydrogen-bond acceptors (Lipinski definition) is 4. The van der Waals surface area contributed by atoms with E-state index in [9.17, 15) is 19.8 Å². The zero-order chi connectivity index (χ0) is 13.5. The fourth-order valence-electron chi connectivity index (χ4n) is 1.45. The summed E-state index contributed by atoms with van der Waals surface area (Å²) >= 11 is 0. The van der Waals surface area contributed by atoms with Crippen molar-refractivity contribution in [2.45, 2.75) is 19.3 Å². The third-order valence-electron chi connectivity index (χ3n) is 2.30. The molecule has 6 heteroatoms. The molecule has 0 aliphatic heterocycles. The van der Waals surface area contributed by atoms with Crippen LogP contribution in [0, 0.1) is 0 Å². The maximum Gasteiger partial charge on any atom is 0.251 e. The molecule has 0 radical (unpaired) electrons. The number of carbonyl (C=O) groups is 2. The van der Waals surface area contributed by atoms with Gasteiger partial charge in [-0.15, -0.1) is 0 Å². The number of amides is 2. The fraction of sp³-hybridized carbons (Fsp3) is 0.333. The third-order valence-corrected chi connectivity index (χ3v) is 2.30. The molecule has 0 fully saturated rings. The molecule has 0 atom stereocenters. The minimum atomic E-state index is -0.389. The summed E-state index contributed by atoms with van der Waals surface area (Å²) in [5.41, 5.74) is 5.16. The molecular formula is C12H16N2O4. The fourth-order valence-corrected chi connectivity index (χ4v) is 1.45. The zero-order valence-corrected chi connectivity index (χ0v) is 9.85. The van der Waals surface area contributed by atoms with Gasteiger partial charge in [-0.1, -0.05) is 0 Å². The van der Waals surface area contributed by atoms with E-state index in [4.69, 9.17) is 5.73 Å². The molecule has 5 N–H and O–H groups in total. The summed E-state index contributed by atoms with van der Waals surface area (Å²) in [5, 5.41) is 21.1. The first kappa shape index (κ1) is 13.8. The van der Waals surface area contributed by atoms with Crippen LogP contribution < -0.4 is 11.1 Å². The molecule has 0 saturated carbocycles. The van der Waals surface area contributed by atoms with Gasteiger partial charge in [0.2, 0.25) is 5.91 Å². The largest absolute Gasteiger partial charge is 0.508 e. The van der Waals surface area contributed by atoms with Crippen LogP contribution >= 0.6 is 0 Å². The molecule has 1 rings (SSSR count). The van der Waals surface area contributed by atoms with Crippen LogP contribution in [0.15, 0.2) is 18.2 Å². The molecule has 2 amide bonds. The summed E-state index contributed by atoms with van der Waals surface area (Å²) in [4.78, 5) is 22.1. The molecule has 0 aliphatic rings. The first-order valence-corrected chi connectivity index (χ1v) is 5.58. The number of phenols is 2. The number of benzene rings is 1. The van der Waals surface area contributed by atoms with Gasteiger partial charge < -0.3 is 21.3 Å². The second kappa shape index (κ2) is 6.48. The lowest BCUT2D eigenvalue weighted by Gasteiger charge is -2.05. The van der Waals surface area contributed by atoms with Gasteiger partial charge in [0.1, 0.15) is 11.5 Å². The van der Waals surface area contributed by atoms with E-state index in [0.717, 1.165) is 6.07 Å². The Hall–Kier alpha value is -2.24. The molecule has 0 spiro atoms. The summed E-state index contributed by atoms with van der Waals surface area (Å²) in [6.45, 7) is 0.405. The number of carbonyl (C=O) groups excluding carboxylic acids is 2. The lowest BCUT2D eigenvalue weighted by atomic mass is 10.2. The molecule has 0 saturated heterocycles. The van der Waals surface area contributed by atoms with Gasteiger partial charge in [-0.3, -0.25) is 9.59 Å². The van der Waals surface area contributed by atoms with Gasteiger partial charge in [-0.2, -0.15) is 0 Å². The van der Waals surface area contributed by atoms with Gasteiger partial charge in [0.15, 0.2) is 0 Å². The average Bonchev–Trinajstić information content (AvgIpc) is 2.26. The lowest BCUT2D eigenvalue weighted by Crippen LogP contribution is -2.24. The maximum atomic E-state index is 11.6. The molecule has 6 nitrogen and oxygen atoms in total. The van der Waals surface area contributed by atoms with Crippen molar-refractivity contribution in [3.63, 3.8) is 0 Å².